The molecule has 0 N–H and O–H groups in total. The van der Waals surface area contributed by atoms with Gasteiger partial charge in [-0.05, 0) is 42.5 Å². The van der Waals surface area contributed by atoms with Crippen molar-refractivity contribution >= 4 is 40.3 Å². The van der Waals surface area contributed by atoms with Gasteiger partial charge in [0.25, 0.3) is 5.91 Å². The minimum absolute atomic E-state index is 0.127. The van der Waals surface area contributed by atoms with E-state index in [4.69, 9.17) is 11.6 Å². The second-order valence-electron chi connectivity index (χ2n) is 5.43. The van der Waals surface area contributed by atoms with Crippen molar-refractivity contribution in [1.29, 1.82) is 0 Å². The summed E-state index contributed by atoms with van der Waals surface area (Å²) >= 11 is 5.92. The lowest BCUT2D eigenvalue weighted by Gasteiger charge is -2.16. The molecule has 4 rings (SSSR count). The van der Waals surface area contributed by atoms with Crippen molar-refractivity contribution in [3.05, 3.63) is 89.4 Å². The normalized spacial score (nSPS) is 15.0. The van der Waals surface area contributed by atoms with E-state index in [0.29, 0.717) is 16.4 Å². The van der Waals surface area contributed by atoms with Gasteiger partial charge in [-0.15, -0.1) is 0 Å². The van der Waals surface area contributed by atoms with Gasteiger partial charge in [-0.3, -0.25) is 9.69 Å². The van der Waals surface area contributed by atoms with E-state index in [1.54, 1.807) is 29.2 Å². The van der Waals surface area contributed by atoms with Crippen LogP contribution in [-0.4, -0.2) is 11.6 Å². The summed E-state index contributed by atoms with van der Waals surface area (Å²) in [6.45, 7) is 0. The number of halogens is 1. The number of fused-ring (bicyclic) bond motifs is 1. The van der Waals surface area contributed by atoms with Gasteiger partial charge in [0.05, 0.1) is 11.4 Å². The predicted molar refractivity (Wildman–Crippen MR) is 97.7 cm³/mol. The summed E-state index contributed by atoms with van der Waals surface area (Å²) in [7, 11) is 0. The largest absolute Gasteiger partial charge is 0.282 e. The van der Waals surface area contributed by atoms with Crippen molar-refractivity contribution in [1.82, 2.24) is 0 Å². The first kappa shape index (κ1) is 14.7. The number of carbonyl (C=O) groups is 1. The molecule has 116 valence electrons. The molecule has 0 aliphatic carbocycles. The van der Waals surface area contributed by atoms with Crippen LogP contribution in [0.5, 0.6) is 0 Å². The van der Waals surface area contributed by atoms with Crippen molar-refractivity contribution in [2.75, 3.05) is 4.90 Å². The van der Waals surface area contributed by atoms with Crippen LogP contribution in [0.2, 0.25) is 5.02 Å². The molecule has 0 saturated carbocycles. The van der Waals surface area contributed by atoms with E-state index < -0.39 is 0 Å². The van der Waals surface area contributed by atoms with E-state index in [2.05, 4.69) is 4.99 Å². The fraction of sp³-hybridized carbons (Fsp3) is 0. The molecule has 24 heavy (non-hydrogen) atoms. The molecule has 1 amide bonds. The van der Waals surface area contributed by atoms with Gasteiger partial charge in [-0.2, -0.15) is 0 Å². The maximum absolute atomic E-state index is 13.0. The van der Waals surface area contributed by atoms with Crippen LogP contribution in [0.15, 0.2) is 83.9 Å². The summed E-state index contributed by atoms with van der Waals surface area (Å²) in [6, 6.07) is 24.4. The fourth-order valence-corrected chi connectivity index (χ4v) is 2.91. The molecule has 3 aromatic carbocycles. The molecule has 0 bridgehead atoms. The Morgan fingerprint density at radius 1 is 0.792 bits per heavy atom. The Kier molecular flexibility index (Phi) is 3.63. The van der Waals surface area contributed by atoms with E-state index in [1.165, 1.54) is 0 Å². The molecule has 3 nitrogen and oxygen atoms in total. The van der Waals surface area contributed by atoms with E-state index >= 15 is 0 Å². The van der Waals surface area contributed by atoms with Crippen molar-refractivity contribution in [3.63, 3.8) is 0 Å². The second-order valence-corrected chi connectivity index (χ2v) is 5.87. The standard InChI is InChI=1S/C20H13ClN2O/c21-14-10-12-15(13-11-14)22-19-17-8-4-5-9-18(17)23(20(19)24)16-6-2-1-3-7-16/h1-13H/b22-19-. The summed E-state index contributed by atoms with van der Waals surface area (Å²) in [4.78, 5) is 19.3. The van der Waals surface area contributed by atoms with Crippen LogP contribution in [0.4, 0.5) is 17.1 Å². The third-order valence-electron chi connectivity index (χ3n) is 3.89. The van der Waals surface area contributed by atoms with Crippen LogP contribution >= 0.6 is 11.6 Å². The minimum atomic E-state index is -0.127. The summed E-state index contributed by atoms with van der Waals surface area (Å²) in [6.07, 6.45) is 0. The van der Waals surface area contributed by atoms with Gasteiger partial charge in [0, 0.05) is 16.3 Å². The van der Waals surface area contributed by atoms with E-state index in [-0.39, 0.29) is 5.91 Å². The molecule has 0 fully saturated rings. The Balaban J connectivity index is 1.85. The molecule has 0 unspecified atom stereocenters. The topological polar surface area (TPSA) is 32.7 Å². The average Bonchev–Trinajstić information content (AvgIpc) is 2.90. The maximum atomic E-state index is 13.0. The number of rotatable bonds is 2. The van der Waals surface area contributed by atoms with E-state index in [0.717, 1.165) is 16.9 Å². The molecule has 1 heterocycles. The Morgan fingerprint density at radius 2 is 1.46 bits per heavy atom. The van der Waals surface area contributed by atoms with Gasteiger partial charge in [-0.1, -0.05) is 48.0 Å². The number of hydrogen-bond acceptors (Lipinski definition) is 2. The molecule has 4 heteroatoms. The molecule has 0 atom stereocenters. The summed E-state index contributed by atoms with van der Waals surface area (Å²) in [5.41, 5.74) is 3.66. The smallest absolute Gasteiger partial charge is 0.275 e. The second kappa shape index (κ2) is 5.95. The van der Waals surface area contributed by atoms with Crippen LogP contribution < -0.4 is 4.90 Å². The van der Waals surface area contributed by atoms with Crippen LogP contribution in [0.1, 0.15) is 5.56 Å². The quantitative estimate of drug-likeness (QED) is 0.639. The molecule has 0 radical (unpaired) electrons. The van der Waals surface area contributed by atoms with Crippen LogP contribution in [0, 0.1) is 0 Å². The first-order valence-corrected chi connectivity index (χ1v) is 7.95. The minimum Gasteiger partial charge on any atom is -0.275 e. The molecule has 0 aromatic heterocycles. The van der Waals surface area contributed by atoms with Crippen molar-refractivity contribution in [2.24, 2.45) is 4.99 Å². The molecule has 1 aliphatic heterocycles. The molecule has 3 aromatic rings. The first-order chi connectivity index (χ1) is 11.7. The average molecular weight is 333 g/mol. The number of amides is 1. The molecule has 1 aliphatic rings. The number of para-hydroxylation sites is 2. The predicted octanol–water partition coefficient (Wildman–Crippen LogP) is 5.14. The lowest BCUT2D eigenvalue weighted by Crippen LogP contribution is -2.25. The van der Waals surface area contributed by atoms with Crippen LogP contribution in [0.3, 0.4) is 0 Å². The summed E-state index contributed by atoms with van der Waals surface area (Å²) in [5.74, 6) is -0.127. The van der Waals surface area contributed by atoms with Crippen molar-refractivity contribution in [3.8, 4) is 0 Å². The molecule has 0 spiro atoms. The lowest BCUT2D eigenvalue weighted by atomic mass is 10.1. The van der Waals surface area contributed by atoms with Crippen LogP contribution in [0.25, 0.3) is 0 Å². The highest BCUT2D eigenvalue weighted by atomic mass is 35.5. The summed E-state index contributed by atoms with van der Waals surface area (Å²) in [5, 5.41) is 0.642. The summed E-state index contributed by atoms with van der Waals surface area (Å²) < 4.78 is 0. The Morgan fingerprint density at radius 3 is 2.21 bits per heavy atom. The monoisotopic (exact) mass is 332 g/mol. The molecular formula is C20H13ClN2O. The third-order valence-corrected chi connectivity index (χ3v) is 4.14. The van der Waals surface area contributed by atoms with Crippen molar-refractivity contribution < 1.29 is 4.79 Å². The number of anilines is 2. The third kappa shape index (κ3) is 2.49. The highest BCUT2D eigenvalue weighted by Crippen LogP contribution is 2.36. The highest BCUT2D eigenvalue weighted by Gasteiger charge is 2.34. The SMILES string of the molecule is O=C1/C(=N\c2ccc(Cl)cc2)c2ccccc2N1c1ccccc1. The van der Waals surface area contributed by atoms with E-state index in [1.807, 2.05) is 54.6 Å². The Bertz CT molecular complexity index is 933. The zero-order valence-electron chi connectivity index (χ0n) is 12.7. The number of carbonyl (C=O) groups excluding carboxylic acids is 1. The van der Waals surface area contributed by atoms with Gasteiger partial charge < -0.3 is 0 Å². The molecule has 0 saturated heterocycles. The van der Waals surface area contributed by atoms with Gasteiger partial charge in [0.2, 0.25) is 0 Å². The number of hydrogen-bond donors (Lipinski definition) is 0. The van der Waals surface area contributed by atoms with E-state index in [9.17, 15) is 4.79 Å². The Hall–Kier alpha value is -2.91. The Labute approximate surface area is 144 Å². The fourth-order valence-electron chi connectivity index (χ4n) is 2.79. The van der Waals surface area contributed by atoms with Gasteiger partial charge in [0.15, 0.2) is 0 Å². The lowest BCUT2D eigenvalue weighted by molar-refractivity contribution is -0.111. The molecular weight excluding hydrogens is 320 g/mol. The van der Waals surface area contributed by atoms with Crippen molar-refractivity contribution in [2.45, 2.75) is 0 Å². The van der Waals surface area contributed by atoms with Gasteiger partial charge in [0.1, 0.15) is 5.71 Å². The maximum Gasteiger partial charge on any atom is 0.282 e. The first-order valence-electron chi connectivity index (χ1n) is 7.57. The zero-order chi connectivity index (χ0) is 16.5. The highest BCUT2D eigenvalue weighted by molar-refractivity contribution is 6.56. The number of nitrogens with zero attached hydrogens (tertiary/aromatic N) is 2. The number of benzene rings is 3. The van der Waals surface area contributed by atoms with Gasteiger partial charge >= 0.3 is 0 Å². The zero-order valence-corrected chi connectivity index (χ0v) is 13.4. The number of aliphatic imine (C=N–C) groups is 1. The van der Waals surface area contributed by atoms with Crippen LogP contribution in [-0.2, 0) is 4.79 Å². The van der Waals surface area contributed by atoms with Gasteiger partial charge in [-0.25, -0.2) is 4.99 Å².